The second-order valence-corrected chi connectivity index (χ2v) is 2.97. The van der Waals surface area contributed by atoms with Crippen molar-refractivity contribution in [3.05, 3.63) is 0 Å². The first kappa shape index (κ1) is 5.10. The van der Waals surface area contributed by atoms with Crippen LogP contribution in [0.1, 0.15) is 29.0 Å². The van der Waals surface area contributed by atoms with E-state index in [0.29, 0.717) is 6.90 Å². The fourth-order valence-electron chi connectivity index (χ4n) is 0. The molecular weight excluding hydrogens is 86.1 g/mol. The molecule has 0 aliphatic carbocycles. The van der Waals surface area contributed by atoms with Crippen molar-refractivity contribution in [3.63, 3.8) is 0 Å². The summed E-state index contributed by atoms with van der Waals surface area (Å²) in [6, 6.07) is 0.0162. The van der Waals surface area contributed by atoms with E-state index < -0.39 is 0 Å². The fraction of sp³-hybridized carbons (Fsp3) is 1.00. The van der Waals surface area contributed by atoms with Crippen molar-refractivity contribution in [1.82, 2.24) is 0 Å². The molecule has 0 unspecified atom stereocenters. The van der Waals surface area contributed by atoms with Gasteiger partial charge in [0.1, 0.15) is 0 Å². The van der Waals surface area contributed by atoms with E-state index >= 15 is 0 Å². The van der Waals surface area contributed by atoms with Crippen LogP contribution >= 0.6 is 0 Å². The molecule has 2 N–H and O–H groups in total. The molecule has 0 aromatic carbocycles. The second-order valence-electron chi connectivity index (χ2n) is 2.97. The summed E-state index contributed by atoms with van der Waals surface area (Å²) in [6.45, 7) is 6.47. The van der Waals surface area contributed by atoms with Crippen LogP contribution in [0.4, 0.5) is 0 Å². The highest BCUT2D eigenvalue weighted by Gasteiger charge is 2.14. The van der Waals surface area contributed by atoms with E-state index in [0.717, 1.165) is 0 Å². The first-order valence-electron chi connectivity index (χ1n) is 3.24. The molecule has 0 fully saturated rings. The van der Waals surface area contributed by atoms with E-state index in [9.17, 15) is 0 Å². The Morgan fingerprint density at radius 3 is 2.00 bits per heavy atom. The molecule has 44 valence electrons. The maximum Gasteiger partial charge on any atom is 0.0246 e. The molecule has 0 aliphatic rings. The molecule has 1 atom stereocenters. The molecule has 0 rings (SSSR count). The molecule has 0 amide bonds. The van der Waals surface area contributed by atoms with Crippen molar-refractivity contribution in [2.75, 3.05) is 0 Å². The number of hydrogen-bond acceptors (Lipinski definition) is 1. The maximum atomic E-state index is 6.94. The van der Waals surface area contributed by atoms with Gasteiger partial charge >= 0.3 is 0 Å². The summed E-state index contributed by atoms with van der Waals surface area (Å²) >= 11 is 0. The monoisotopic (exact) mass is 102 g/mol. The third kappa shape index (κ3) is 2.63. The lowest BCUT2D eigenvalue weighted by Gasteiger charge is -2.22. The van der Waals surface area contributed by atoms with E-state index in [1.807, 2.05) is 20.8 Å². The van der Waals surface area contributed by atoms with Gasteiger partial charge in [-0.1, -0.05) is 20.8 Å². The molecule has 0 aromatic heterocycles. The summed E-state index contributed by atoms with van der Waals surface area (Å²) in [5, 5.41) is 0. The lowest BCUT2D eigenvalue weighted by Crippen LogP contribution is -2.31. The maximum absolute atomic E-state index is 6.94. The van der Waals surface area contributed by atoms with Crippen LogP contribution in [0.5, 0.6) is 0 Å². The van der Waals surface area contributed by atoms with Crippen LogP contribution in [0.3, 0.4) is 0 Å². The molecule has 0 saturated carbocycles. The van der Waals surface area contributed by atoms with Gasteiger partial charge < -0.3 is 5.73 Å². The van der Waals surface area contributed by atoms with Crippen LogP contribution < -0.4 is 5.73 Å². The first-order chi connectivity index (χ1) is 3.48. The van der Waals surface area contributed by atoms with Gasteiger partial charge in [0, 0.05) is 7.41 Å². The molecule has 0 radical (unpaired) electrons. The van der Waals surface area contributed by atoms with Crippen molar-refractivity contribution in [2.24, 2.45) is 11.1 Å². The molecule has 0 bridgehead atoms. The Labute approximate surface area is 47.3 Å². The van der Waals surface area contributed by atoms with Gasteiger partial charge in [0.25, 0.3) is 0 Å². The Morgan fingerprint density at radius 1 is 1.57 bits per heavy atom. The van der Waals surface area contributed by atoms with Gasteiger partial charge in [-0.15, -0.1) is 0 Å². The van der Waals surface area contributed by atoms with Gasteiger partial charge in [-0.05, 0) is 12.3 Å². The van der Waals surface area contributed by atoms with Crippen LogP contribution in [-0.4, -0.2) is 6.04 Å². The number of hydrogen-bond donors (Lipinski definition) is 1. The Balaban J connectivity index is 3.62. The van der Waals surface area contributed by atoms with Gasteiger partial charge in [0.2, 0.25) is 0 Å². The summed E-state index contributed by atoms with van der Waals surface area (Å²) in [5.74, 6) is 0. The fourth-order valence-corrected chi connectivity index (χ4v) is 0. The highest BCUT2D eigenvalue weighted by atomic mass is 14.6. The summed E-state index contributed by atoms with van der Waals surface area (Å²) in [4.78, 5) is 0. The zero-order valence-electron chi connectivity index (χ0n) is 6.36. The molecule has 0 aliphatic heterocycles. The summed E-state index contributed by atoms with van der Waals surface area (Å²) in [7, 11) is 0. The zero-order chi connectivity index (χ0) is 6.78. The lowest BCUT2D eigenvalue weighted by atomic mass is 9.89. The molecule has 0 heterocycles. The number of nitrogens with two attached hydrogens (primary N) is 1. The van der Waals surface area contributed by atoms with Crippen molar-refractivity contribution in [3.8, 4) is 0 Å². The molecule has 1 nitrogen and oxygen atoms in total. The van der Waals surface area contributed by atoms with E-state index in [4.69, 9.17) is 7.10 Å². The van der Waals surface area contributed by atoms with Crippen molar-refractivity contribution in [2.45, 2.75) is 33.7 Å². The Hall–Kier alpha value is -0.0400. The minimum Gasteiger partial charge on any atom is -0.327 e. The highest BCUT2D eigenvalue weighted by Crippen LogP contribution is 2.15. The largest absolute Gasteiger partial charge is 0.327 e. The van der Waals surface area contributed by atoms with Crippen LogP contribution in [-0.2, 0) is 0 Å². The average Bonchev–Trinajstić information content (AvgIpc) is 1.62. The summed E-state index contributed by atoms with van der Waals surface area (Å²) in [5.41, 5.74) is 5.66. The quantitative estimate of drug-likeness (QED) is 0.491. The predicted molar refractivity (Wildman–Crippen MR) is 33.1 cm³/mol. The van der Waals surface area contributed by atoms with Crippen LogP contribution in [0.25, 0.3) is 0 Å². The van der Waals surface area contributed by atoms with Gasteiger partial charge in [-0.25, -0.2) is 0 Å². The van der Waals surface area contributed by atoms with Gasteiger partial charge in [0.15, 0.2) is 0 Å². The lowest BCUT2D eigenvalue weighted by molar-refractivity contribution is 0.340. The Kier molecular flexibility index (Phi) is 1.33. The van der Waals surface area contributed by atoms with E-state index in [1.54, 1.807) is 0 Å². The Bertz CT molecular complexity index is 65.4. The standard InChI is InChI=1S/C6H15N/c1-5(7)6(2,3)4/h5H,7H2,1-4H3/t5-/m0/s1/i1D. The molecule has 1 heteroatoms. The molecule has 0 aromatic rings. The van der Waals surface area contributed by atoms with Crippen LogP contribution in [0.15, 0.2) is 0 Å². The highest BCUT2D eigenvalue weighted by molar-refractivity contribution is 4.70. The first-order valence-corrected chi connectivity index (χ1v) is 2.53. The van der Waals surface area contributed by atoms with E-state index in [2.05, 4.69) is 0 Å². The zero-order valence-corrected chi connectivity index (χ0v) is 5.36. The molecular formula is C6H15N. The third-order valence-electron chi connectivity index (χ3n) is 1.11. The van der Waals surface area contributed by atoms with Crippen molar-refractivity contribution in [1.29, 1.82) is 0 Å². The van der Waals surface area contributed by atoms with Gasteiger partial charge in [-0.2, -0.15) is 0 Å². The molecule has 0 saturated heterocycles. The predicted octanol–water partition coefficient (Wildman–Crippen LogP) is 1.38. The minimum absolute atomic E-state index is 0.0162. The van der Waals surface area contributed by atoms with E-state index in [1.165, 1.54) is 0 Å². The van der Waals surface area contributed by atoms with E-state index in [-0.39, 0.29) is 11.5 Å². The van der Waals surface area contributed by atoms with Crippen molar-refractivity contribution >= 4 is 0 Å². The summed E-state index contributed by atoms with van der Waals surface area (Å²) in [6.07, 6.45) is 0. The van der Waals surface area contributed by atoms with Gasteiger partial charge in [-0.3, -0.25) is 0 Å². The Morgan fingerprint density at radius 2 is 2.00 bits per heavy atom. The number of rotatable bonds is 0. The SMILES string of the molecule is [2H]C[C@H](N)C(C)(C)C. The topological polar surface area (TPSA) is 26.0 Å². The third-order valence-corrected chi connectivity index (χ3v) is 1.11. The smallest absolute Gasteiger partial charge is 0.0246 e. The summed E-state index contributed by atoms with van der Waals surface area (Å²) < 4.78 is 6.94. The normalized spacial score (nSPS) is 18.6. The van der Waals surface area contributed by atoms with Crippen LogP contribution in [0, 0.1) is 5.41 Å². The molecule has 0 spiro atoms. The average molecular weight is 102 g/mol. The molecule has 7 heavy (non-hydrogen) atoms. The second kappa shape index (κ2) is 1.83. The van der Waals surface area contributed by atoms with Crippen LogP contribution in [0.2, 0.25) is 0 Å². The minimum atomic E-state index is 0.0162. The van der Waals surface area contributed by atoms with Gasteiger partial charge in [0.05, 0.1) is 0 Å². The van der Waals surface area contributed by atoms with Crippen molar-refractivity contribution < 1.29 is 1.37 Å².